The smallest absolute Gasteiger partial charge is 0.433 e. The number of benzene rings is 1. The fraction of sp³-hybridized carbons (Fsp3) is 0.368. The minimum absolute atomic E-state index is 0.141. The van der Waals surface area contributed by atoms with Gasteiger partial charge in [0.1, 0.15) is 26.6 Å². The quantitative estimate of drug-likeness (QED) is 0.409. The predicted octanol–water partition coefficient (Wildman–Crippen LogP) is 3.64. The average Bonchev–Trinajstić information content (AvgIpc) is 3.50. The highest BCUT2D eigenvalue weighted by Gasteiger charge is 2.30. The highest BCUT2D eigenvalue weighted by molar-refractivity contribution is 7.22. The first-order valence-corrected chi connectivity index (χ1v) is 10.0. The Morgan fingerprint density at radius 1 is 1.30 bits per heavy atom. The third-order valence-corrected chi connectivity index (χ3v) is 5.86. The zero-order chi connectivity index (χ0) is 21.3. The molecular formula is C19H19N3O7S. The summed E-state index contributed by atoms with van der Waals surface area (Å²) >= 11 is 1.26. The summed E-state index contributed by atoms with van der Waals surface area (Å²) in [5.41, 5.74) is 0.562. The molecule has 3 aromatic rings. The maximum absolute atomic E-state index is 13.2. The van der Waals surface area contributed by atoms with Crippen LogP contribution < -0.4 is 14.4 Å². The molecule has 1 saturated heterocycles. The van der Waals surface area contributed by atoms with Gasteiger partial charge in [-0.3, -0.25) is 19.8 Å². The van der Waals surface area contributed by atoms with Crippen molar-refractivity contribution in [3.05, 3.63) is 40.1 Å². The molecule has 1 fully saturated rings. The van der Waals surface area contributed by atoms with Gasteiger partial charge in [0.25, 0.3) is 5.91 Å². The van der Waals surface area contributed by atoms with Crippen molar-refractivity contribution >= 4 is 38.5 Å². The van der Waals surface area contributed by atoms with E-state index in [9.17, 15) is 14.9 Å². The summed E-state index contributed by atoms with van der Waals surface area (Å²) in [6.45, 7) is 0.873. The van der Waals surface area contributed by atoms with Gasteiger partial charge in [0, 0.05) is 6.61 Å². The predicted molar refractivity (Wildman–Crippen MR) is 109 cm³/mol. The minimum atomic E-state index is -0.686. The lowest BCUT2D eigenvalue weighted by Gasteiger charge is -2.21. The van der Waals surface area contributed by atoms with E-state index >= 15 is 0 Å². The Bertz CT molecular complexity index is 1050. The maximum Gasteiger partial charge on any atom is 0.433 e. The van der Waals surface area contributed by atoms with Gasteiger partial charge in [-0.15, -0.1) is 0 Å². The molecule has 30 heavy (non-hydrogen) atoms. The van der Waals surface area contributed by atoms with Gasteiger partial charge in [-0.1, -0.05) is 11.3 Å². The topological polar surface area (TPSA) is 117 Å². The van der Waals surface area contributed by atoms with Gasteiger partial charge in [-0.05, 0) is 31.0 Å². The molecule has 1 amide bonds. The SMILES string of the molecule is COc1ccc(OC)c2sc(N(CC3CCCO3)C(=O)c3ccc([N+](=O)[O-])o3)nc12. The van der Waals surface area contributed by atoms with Crippen molar-refractivity contribution in [2.24, 2.45) is 0 Å². The molecule has 1 atom stereocenters. The Morgan fingerprint density at radius 2 is 2.07 bits per heavy atom. The van der Waals surface area contributed by atoms with Crippen molar-refractivity contribution < 1.29 is 28.3 Å². The molecule has 0 N–H and O–H groups in total. The van der Waals surface area contributed by atoms with Crippen LogP contribution in [0, 0.1) is 10.1 Å². The number of rotatable bonds is 7. The number of anilines is 1. The number of fused-ring (bicyclic) bond motifs is 1. The highest BCUT2D eigenvalue weighted by atomic mass is 32.1. The number of nitrogens with zero attached hydrogens (tertiary/aromatic N) is 3. The summed E-state index contributed by atoms with van der Waals surface area (Å²) in [5.74, 6) is -0.0179. The van der Waals surface area contributed by atoms with Crippen molar-refractivity contribution in [3.8, 4) is 11.5 Å². The van der Waals surface area contributed by atoms with Gasteiger partial charge in [0.15, 0.2) is 10.9 Å². The first kappa shape index (κ1) is 20.1. The van der Waals surface area contributed by atoms with Crippen LogP contribution >= 0.6 is 11.3 Å². The fourth-order valence-corrected chi connectivity index (χ4v) is 4.39. The number of carbonyl (C=O) groups is 1. The first-order valence-electron chi connectivity index (χ1n) is 9.21. The number of amides is 1. The maximum atomic E-state index is 13.2. The van der Waals surface area contributed by atoms with Gasteiger partial charge in [0.05, 0.1) is 32.9 Å². The standard InChI is InChI=1S/C19H19N3O7S/c1-26-12-5-6-13(27-2)17-16(12)20-19(30-17)21(10-11-4-3-9-28-11)18(23)14-7-8-15(29-14)22(24)25/h5-8,11H,3-4,9-10H2,1-2H3. The summed E-state index contributed by atoms with van der Waals surface area (Å²) in [6.07, 6.45) is 1.55. The Balaban J connectivity index is 1.77. The molecule has 1 aliphatic rings. The van der Waals surface area contributed by atoms with E-state index in [0.29, 0.717) is 28.8 Å². The van der Waals surface area contributed by atoms with Crippen molar-refractivity contribution in [1.29, 1.82) is 0 Å². The van der Waals surface area contributed by atoms with E-state index in [0.717, 1.165) is 23.6 Å². The molecule has 0 aliphatic carbocycles. The van der Waals surface area contributed by atoms with E-state index in [1.165, 1.54) is 29.4 Å². The van der Waals surface area contributed by atoms with Gasteiger partial charge in [0.2, 0.25) is 0 Å². The Kier molecular flexibility index (Phi) is 5.55. The highest BCUT2D eigenvalue weighted by Crippen LogP contribution is 2.40. The van der Waals surface area contributed by atoms with E-state index in [4.69, 9.17) is 18.6 Å². The molecule has 11 heteroatoms. The van der Waals surface area contributed by atoms with Crippen LogP contribution in [0.2, 0.25) is 0 Å². The normalized spacial score (nSPS) is 16.0. The van der Waals surface area contributed by atoms with Crippen LogP contribution in [-0.2, 0) is 4.74 Å². The summed E-state index contributed by atoms with van der Waals surface area (Å²) in [5, 5.41) is 11.3. The average molecular weight is 433 g/mol. The summed E-state index contributed by atoms with van der Waals surface area (Å²) in [4.78, 5) is 29.5. The summed E-state index contributed by atoms with van der Waals surface area (Å²) < 4.78 is 22.4. The molecule has 0 bridgehead atoms. The number of thiazole rings is 1. The second-order valence-electron chi connectivity index (χ2n) is 6.59. The second kappa shape index (κ2) is 8.28. The van der Waals surface area contributed by atoms with E-state index in [2.05, 4.69) is 4.98 Å². The lowest BCUT2D eigenvalue weighted by molar-refractivity contribution is -0.402. The molecule has 158 valence electrons. The van der Waals surface area contributed by atoms with Gasteiger partial charge < -0.3 is 18.6 Å². The minimum Gasteiger partial charge on any atom is -0.495 e. The molecule has 3 heterocycles. The van der Waals surface area contributed by atoms with Crippen LogP contribution in [0.15, 0.2) is 28.7 Å². The third-order valence-electron chi connectivity index (χ3n) is 4.77. The van der Waals surface area contributed by atoms with Gasteiger partial charge in [-0.25, -0.2) is 4.98 Å². The molecule has 0 spiro atoms. The number of furan rings is 1. The molecule has 1 aromatic carbocycles. The molecule has 4 rings (SSSR count). The molecule has 0 saturated carbocycles. The van der Waals surface area contributed by atoms with Crippen LogP contribution in [0.4, 0.5) is 11.0 Å². The monoisotopic (exact) mass is 433 g/mol. The lowest BCUT2D eigenvalue weighted by atomic mass is 10.2. The number of nitro groups is 1. The Labute approximate surface area is 175 Å². The van der Waals surface area contributed by atoms with Crippen LogP contribution in [0.1, 0.15) is 23.4 Å². The molecular weight excluding hydrogens is 414 g/mol. The molecule has 1 aliphatic heterocycles. The Morgan fingerprint density at radius 3 is 2.70 bits per heavy atom. The molecule has 0 radical (unpaired) electrons. The lowest BCUT2D eigenvalue weighted by Crippen LogP contribution is -2.37. The van der Waals surface area contributed by atoms with E-state index in [1.807, 2.05) is 0 Å². The van der Waals surface area contributed by atoms with Crippen LogP contribution in [-0.4, -0.2) is 49.3 Å². The Hall–Kier alpha value is -3.18. The number of hydrogen-bond donors (Lipinski definition) is 0. The fourth-order valence-electron chi connectivity index (χ4n) is 3.30. The molecule has 1 unspecified atom stereocenters. The van der Waals surface area contributed by atoms with Crippen LogP contribution in [0.25, 0.3) is 10.2 Å². The van der Waals surface area contributed by atoms with E-state index in [1.54, 1.807) is 19.2 Å². The summed E-state index contributed by atoms with van der Waals surface area (Å²) in [6, 6.07) is 5.96. The largest absolute Gasteiger partial charge is 0.495 e. The van der Waals surface area contributed by atoms with E-state index in [-0.39, 0.29) is 18.4 Å². The van der Waals surface area contributed by atoms with Crippen molar-refractivity contribution in [2.45, 2.75) is 18.9 Å². The zero-order valence-electron chi connectivity index (χ0n) is 16.3. The van der Waals surface area contributed by atoms with Crippen molar-refractivity contribution in [1.82, 2.24) is 4.98 Å². The number of aromatic nitrogens is 1. The number of methoxy groups -OCH3 is 2. The van der Waals surface area contributed by atoms with Crippen LogP contribution in [0.3, 0.4) is 0 Å². The second-order valence-corrected chi connectivity index (χ2v) is 7.57. The third kappa shape index (κ3) is 3.68. The number of hydrogen-bond acceptors (Lipinski definition) is 9. The molecule has 10 nitrogen and oxygen atoms in total. The van der Waals surface area contributed by atoms with Gasteiger partial charge in [-0.2, -0.15) is 0 Å². The van der Waals surface area contributed by atoms with Gasteiger partial charge >= 0.3 is 5.88 Å². The zero-order valence-corrected chi connectivity index (χ0v) is 17.1. The van der Waals surface area contributed by atoms with Crippen molar-refractivity contribution in [3.63, 3.8) is 0 Å². The van der Waals surface area contributed by atoms with Crippen LogP contribution in [0.5, 0.6) is 11.5 Å². The first-order chi connectivity index (χ1) is 14.5. The number of carbonyl (C=O) groups excluding carboxylic acids is 1. The molecule has 2 aromatic heterocycles. The summed E-state index contributed by atoms with van der Waals surface area (Å²) in [7, 11) is 3.09. The van der Waals surface area contributed by atoms with E-state index < -0.39 is 16.7 Å². The van der Waals surface area contributed by atoms with Crippen molar-refractivity contribution in [2.75, 3.05) is 32.3 Å². The number of ether oxygens (including phenoxy) is 3.